The highest BCUT2D eigenvalue weighted by Gasteiger charge is 2.11. The fourth-order valence-corrected chi connectivity index (χ4v) is 3.92. The van der Waals surface area contributed by atoms with Gasteiger partial charge in [0.1, 0.15) is 0 Å². The number of allylic oxidation sites excluding steroid dienone is 1. The zero-order chi connectivity index (χ0) is 20.4. The second kappa shape index (κ2) is 8.35. The highest BCUT2D eigenvalue weighted by atomic mass is 35.5. The highest BCUT2D eigenvalue weighted by Crippen LogP contribution is 2.30. The van der Waals surface area contributed by atoms with Gasteiger partial charge in [0.2, 0.25) is 0 Å². The second-order valence-electron chi connectivity index (χ2n) is 6.63. The zero-order valence-electron chi connectivity index (χ0n) is 15.2. The van der Waals surface area contributed by atoms with Crippen LogP contribution in [0.5, 0.6) is 0 Å². The Labute approximate surface area is 184 Å². The molecule has 0 unspecified atom stereocenters. The van der Waals surface area contributed by atoms with E-state index in [0.29, 0.717) is 27.2 Å². The largest absolute Gasteiger partial charge is 0.342 e. The number of halogens is 3. The minimum absolute atomic E-state index is 0.521. The van der Waals surface area contributed by atoms with Crippen LogP contribution in [0.3, 0.4) is 0 Å². The van der Waals surface area contributed by atoms with Crippen LogP contribution in [0.15, 0.2) is 72.9 Å². The van der Waals surface area contributed by atoms with Crippen molar-refractivity contribution in [1.29, 1.82) is 5.26 Å². The topological polar surface area (TPSA) is 28.7 Å². The Hall–Kier alpha value is -2.70. The lowest BCUT2D eigenvalue weighted by Crippen LogP contribution is -1.97. The van der Waals surface area contributed by atoms with E-state index in [1.54, 1.807) is 12.1 Å². The van der Waals surface area contributed by atoms with Gasteiger partial charge in [-0.1, -0.05) is 77.3 Å². The molecule has 0 fully saturated rings. The Morgan fingerprint density at radius 3 is 2.41 bits per heavy atom. The molecular formula is C24H15Cl3N2. The average molecular weight is 438 g/mol. The van der Waals surface area contributed by atoms with Crippen LogP contribution in [0.25, 0.3) is 22.6 Å². The van der Waals surface area contributed by atoms with Gasteiger partial charge < -0.3 is 4.57 Å². The summed E-state index contributed by atoms with van der Waals surface area (Å²) >= 11 is 18.5. The quantitative estimate of drug-likeness (QED) is 0.300. The lowest BCUT2D eigenvalue weighted by atomic mass is 10.0. The lowest BCUT2D eigenvalue weighted by Gasteiger charge is -2.06. The summed E-state index contributed by atoms with van der Waals surface area (Å²) in [5.41, 5.74) is 4.31. The lowest BCUT2D eigenvalue weighted by molar-refractivity contribution is 0.836. The Balaban J connectivity index is 1.81. The molecule has 1 heterocycles. The molecule has 0 bridgehead atoms. The molecule has 0 N–H and O–H groups in total. The van der Waals surface area contributed by atoms with E-state index in [1.165, 1.54) is 0 Å². The Kier molecular flexibility index (Phi) is 5.65. The van der Waals surface area contributed by atoms with Crippen molar-refractivity contribution in [1.82, 2.24) is 4.57 Å². The standard InChI is InChI=1S/C24H15Cl3N2/c25-21-7-3-1-5-19(21)17(13-28)12-18-15-29(24-8-4-2-6-20(18)24)14-16-9-10-22(26)23(27)11-16/h1-12,15H,14H2. The third-order valence-corrected chi connectivity index (χ3v) is 5.81. The summed E-state index contributed by atoms with van der Waals surface area (Å²) in [5.74, 6) is 0. The first-order valence-electron chi connectivity index (χ1n) is 8.95. The molecule has 2 nitrogen and oxygen atoms in total. The maximum Gasteiger partial charge on any atom is 0.0998 e. The van der Waals surface area contributed by atoms with Crippen LogP contribution >= 0.6 is 34.8 Å². The van der Waals surface area contributed by atoms with Gasteiger partial charge in [-0.25, -0.2) is 0 Å². The first-order valence-corrected chi connectivity index (χ1v) is 10.1. The van der Waals surface area contributed by atoms with Gasteiger partial charge in [-0.3, -0.25) is 0 Å². The predicted molar refractivity (Wildman–Crippen MR) is 122 cm³/mol. The molecule has 0 saturated heterocycles. The fourth-order valence-electron chi connectivity index (χ4n) is 3.36. The number of para-hydroxylation sites is 1. The molecule has 0 amide bonds. The van der Waals surface area contributed by atoms with Crippen molar-refractivity contribution in [3.05, 3.63) is 105 Å². The molecule has 5 heteroatoms. The molecule has 0 radical (unpaired) electrons. The molecule has 142 valence electrons. The maximum atomic E-state index is 9.72. The highest BCUT2D eigenvalue weighted by molar-refractivity contribution is 6.42. The average Bonchev–Trinajstić information content (AvgIpc) is 3.07. The van der Waals surface area contributed by atoms with Gasteiger partial charge in [0.05, 0.1) is 21.7 Å². The van der Waals surface area contributed by atoms with Crippen LogP contribution < -0.4 is 0 Å². The first-order chi connectivity index (χ1) is 14.1. The first kappa shape index (κ1) is 19.6. The van der Waals surface area contributed by atoms with Crippen molar-refractivity contribution < 1.29 is 0 Å². The number of hydrogen-bond acceptors (Lipinski definition) is 1. The summed E-state index contributed by atoms with van der Waals surface area (Å²) in [6, 6.07) is 23.4. The number of aromatic nitrogens is 1. The van der Waals surface area contributed by atoms with E-state index in [1.807, 2.05) is 60.8 Å². The van der Waals surface area contributed by atoms with Crippen LogP contribution in [-0.4, -0.2) is 4.57 Å². The molecular weight excluding hydrogens is 423 g/mol. The number of benzene rings is 3. The predicted octanol–water partition coefficient (Wildman–Crippen LogP) is 7.71. The van der Waals surface area contributed by atoms with Crippen molar-refractivity contribution in [3.63, 3.8) is 0 Å². The third kappa shape index (κ3) is 4.04. The van der Waals surface area contributed by atoms with E-state index in [2.05, 4.69) is 16.7 Å². The molecule has 3 aromatic carbocycles. The molecule has 0 atom stereocenters. The Bertz CT molecular complexity index is 1280. The van der Waals surface area contributed by atoms with Gasteiger partial charge in [-0.15, -0.1) is 0 Å². The van der Waals surface area contributed by atoms with Crippen LogP contribution in [-0.2, 0) is 6.54 Å². The molecule has 0 spiro atoms. The smallest absolute Gasteiger partial charge is 0.0998 e. The van der Waals surface area contributed by atoms with Gasteiger partial charge in [0.15, 0.2) is 0 Å². The van der Waals surface area contributed by atoms with E-state index in [0.717, 1.165) is 27.6 Å². The van der Waals surface area contributed by atoms with Crippen molar-refractivity contribution in [3.8, 4) is 6.07 Å². The molecule has 0 saturated carbocycles. The number of fused-ring (bicyclic) bond motifs is 1. The van der Waals surface area contributed by atoms with E-state index in [4.69, 9.17) is 34.8 Å². The molecule has 0 aliphatic carbocycles. The molecule has 0 aliphatic rings. The SMILES string of the molecule is N#CC(=Cc1cn(Cc2ccc(Cl)c(Cl)c2)c2ccccc12)c1ccccc1Cl. The Morgan fingerprint density at radius 1 is 0.897 bits per heavy atom. The fraction of sp³-hybridized carbons (Fsp3) is 0.0417. The zero-order valence-corrected chi connectivity index (χ0v) is 17.5. The van der Waals surface area contributed by atoms with E-state index in [-0.39, 0.29) is 0 Å². The molecule has 4 aromatic rings. The van der Waals surface area contributed by atoms with Gasteiger partial charge in [0.25, 0.3) is 0 Å². The summed E-state index contributed by atoms with van der Waals surface area (Å²) < 4.78 is 2.14. The minimum Gasteiger partial charge on any atom is -0.342 e. The van der Waals surface area contributed by atoms with Crippen LogP contribution in [0.2, 0.25) is 15.1 Å². The monoisotopic (exact) mass is 436 g/mol. The number of hydrogen-bond donors (Lipinski definition) is 0. The second-order valence-corrected chi connectivity index (χ2v) is 7.85. The van der Waals surface area contributed by atoms with Crippen molar-refractivity contribution >= 4 is 57.4 Å². The van der Waals surface area contributed by atoms with Crippen LogP contribution in [0.1, 0.15) is 16.7 Å². The van der Waals surface area contributed by atoms with Crippen molar-refractivity contribution in [2.45, 2.75) is 6.54 Å². The normalized spacial score (nSPS) is 11.6. The molecule has 0 aliphatic heterocycles. The van der Waals surface area contributed by atoms with Crippen molar-refractivity contribution in [2.24, 2.45) is 0 Å². The number of nitrogens with zero attached hydrogens (tertiary/aromatic N) is 2. The van der Waals surface area contributed by atoms with E-state index in [9.17, 15) is 5.26 Å². The number of rotatable bonds is 4. The summed E-state index contributed by atoms with van der Waals surface area (Å²) in [4.78, 5) is 0. The maximum absolute atomic E-state index is 9.72. The summed E-state index contributed by atoms with van der Waals surface area (Å²) in [6.07, 6.45) is 3.93. The minimum atomic E-state index is 0.521. The van der Waals surface area contributed by atoms with Gasteiger partial charge in [-0.05, 0) is 35.9 Å². The van der Waals surface area contributed by atoms with Gasteiger partial charge in [-0.2, -0.15) is 5.26 Å². The number of nitriles is 1. The summed E-state index contributed by atoms with van der Waals surface area (Å²) in [7, 11) is 0. The third-order valence-electron chi connectivity index (χ3n) is 4.74. The van der Waals surface area contributed by atoms with E-state index < -0.39 is 0 Å². The molecule has 4 rings (SSSR count). The summed E-state index contributed by atoms with van der Waals surface area (Å²) in [6.45, 7) is 0.638. The summed E-state index contributed by atoms with van der Waals surface area (Å²) in [5, 5.41) is 12.4. The molecule has 29 heavy (non-hydrogen) atoms. The van der Waals surface area contributed by atoms with Crippen LogP contribution in [0, 0.1) is 11.3 Å². The van der Waals surface area contributed by atoms with E-state index >= 15 is 0 Å². The Morgan fingerprint density at radius 2 is 1.66 bits per heavy atom. The van der Waals surface area contributed by atoms with Gasteiger partial charge >= 0.3 is 0 Å². The van der Waals surface area contributed by atoms with Gasteiger partial charge in [0, 0.05) is 39.8 Å². The van der Waals surface area contributed by atoms with Crippen LogP contribution in [0.4, 0.5) is 0 Å². The van der Waals surface area contributed by atoms with Crippen molar-refractivity contribution in [2.75, 3.05) is 0 Å². The molecule has 1 aromatic heterocycles.